The highest BCUT2D eigenvalue weighted by molar-refractivity contribution is 5.21. The topological polar surface area (TPSA) is 22.1 Å². The quantitative estimate of drug-likeness (QED) is 0.779. The summed E-state index contributed by atoms with van der Waals surface area (Å²) in [6, 6.07) is 9.67. The molecule has 1 heterocycles. The van der Waals surface area contributed by atoms with E-state index >= 15 is 0 Å². The van der Waals surface area contributed by atoms with Gasteiger partial charge in [0.1, 0.15) is 5.75 Å². The molecule has 18 heavy (non-hydrogen) atoms. The van der Waals surface area contributed by atoms with E-state index in [0.717, 1.165) is 12.3 Å². The molecule has 1 aromatic heterocycles. The second-order valence-corrected chi connectivity index (χ2v) is 3.68. The van der Waals surface area contributed by atoms with Crippen molar-refractivity contribution in [3.8, 4) is 5.75 Å². The van der Waals surface area contributed by atoms with Crippen molar-refractivity contribution in [1.82, 2.24) is 4.98 Å². The number of hydrogen-bond donors (Lipinski definition) is 0. The Morgan fingerprint density at radius 3 is 2.39 bits per heavy atom. The zero-order valence-corrected chi connectivity index (χ0v) is 9.32. The smallest absolute Gasteiger partial charge is 0.306 e. The van der Waals surface area contributed by atoms with Gasteiger partial charge in [0.15, 0.2) is 6.61 Å². The fourth-order valence-electron chi connectivity index (χ4n) is 1.39. The Labute approximate surface area is 102 Å². The molecule has 0 aliphatic heterocycles. The van der Waals surface area contributed by atoms with Crippen molar-refractivity contribution in [2.45, 2.75) is 5.92 Å². The summed E-state index contributed by atoms with van der Waals surface area (Å²) in [6.45, 7) is -0.815. The molecule has 0 aliphatic carbocycles. The molecular weight excluding hydrogens is 243 g/mol. The fourth-order valence-corrected chi connectivity index (χ4v) is 1.39. The Morgan fingerprint density at radius 2 is 1.78 bits per heavy atom. The van der Waals surface area contributed by atoms with Crippen LogP contribution in [0.15, 0.2) is 48.7 Å². The van der Waals surface area contributed by atoms with E-state index in [1.807, 2.05) is 0 Å². The first-order valence-corrected chi connectivity index (χ1v) is 5.26. The summed E-state index contributed by atoms with van der Waals surface area (Å²) in [5, 5.41) is 0. The number of hydrogen-bond acceptors (Lipinski definition) is 2. The van der Waals surface area contributed by atoms with Gasteiger partial charge in [-0.05, 0) is 12.1 Å². The Bertz CT molecular complexity index is 499. The molecular formula is C13H10F3NO. The van der Waals surface area contributed by atoms with Crippen LogP contribution in [0.2, 0.25) is 0 Å². The number of pyridine rings is 1. The van der Waals surface area contributed by atoms with Crippen molar-refractivity contribution in [2.24, 2.45) is 0 Å². The molecule has 0 fully saturated rings. The van der Waals surface area contributed by atoms with Gasteiger partial charge in [0, 0.05) is 5.56 Å². The molecule has 0 N–H and O–H groups in total. The number of rotatable bonds is 4. The number of ether oxygens (including phenoxy) is 1. The second-order valence-electron chi connectivity index (χ2n) is 3.68. The lowest BCUT2D eigenvalue weighted by atomic mass is 10.1. The van der Waals surface area contributed by atoms with Crippen molar-refractivity contribution in [2.75, 3.05) is 6.61 Å². The van der Waals surface area contributed by atoms with E-state index in [1.54, 1.807) is 6.07 Å². The van der Waals surface area contributed by atoms with Crippen LogP contribution in [-0.2, 0) is 5.92 Å². The first kappa shape index (κ1) is 12.4. The highest BCUT2D eigenvalue weighted by atomic mass is 19.3. The minimum atomic E-state index is -3.10. The van der Waals surface area contributed by atoms with Crippen molar-refractivity contribution < 1.29 is 17.9 Å². The Balaban J connectivity index is 2.03. The van der Waals surface area contributed by atoms with Gasteiger partial charge >= 0.3 is 5.92 Å². The van der Waals surface area contributed by atoms with Gasteiger partial charge in [0.05, 0.1) is 6.20 Å². The molecule has 2 nitrogen and oxygen atoms in total. The maximum Gasteiger partial charge on any atom is 0.306 e. The lowest BCUT2D eigenvalue weighted by Crippen LogP contribution is -2.23. The van der Waals surface area contributed by atoms with E-state index in [2.05, 4.69) is 4.98 Å². The SMILES string of the molecule is Fc1ccc(OCC(F)(F)c2ccccc2)cn1. The molecule has 0 radical (unpaired) electrons. The number of nitrogens with zero attached hydrogens (tertiary/aromatic N) is 1. The second kappa shape index (κ2) is 5.08. The van der Waals surface area contributed by atoms with Crippen LogP contribution in [-0.4, -0.2) is 11.6 Å². The van der Waals surface area contributed by atoms with Crippen LogP contribution in [0.3, 0.4) is 0 Å². The van der Waals surface area contributed by atoms with Crippen LogP contribution in [0, 0.1) is 5.95 Å². The fraction of sp³-hybridized carbons (Fsp3) is 0.154. The van der Waals surface area contributed by atoms with Crippen molar-refractivity contribution >= 4 is 0 Å². The Kier molecular flexibility index (Phi) is 3.50. The minimum absolute atomic E-state index is 0.104. The molecule has 2 rings (SSSR count). The minimum Gasteiger partial charge on any atom is -0.485 e. The van der Waals surface area contributed by atoms with Crippen LogP contribution in [0.25, 0.3) is 0 Å². The van der Waals surface area contributed by atoms with Gasteiger partial charge in [-0.1, -0.05) is 30.3 Å². The number of halogens is 3. The van der Waals surface area contributed by atoms with Gasteiger partial charge in [-0.25, -0.2) is 4.98 Å². The monoisotopic (exact) mass is 253 g/mol. The van der Waals surface area contributed by atoms with Gasteiger partial charge in [-0.15, -0.1) is 0 Å². The highest BCUT2D eigenvalue weighted by Crippen LogP contribution is 2.28. The third-order valence-electron chi connectivity index (χ3n) is 2.32. The van der Waals surface area contributed by atoms with Crippen molar-refractivity contribution in [1.29, 1.82) is 0 Å². The van der Waals surface area contributed by atoms with Crippen LogP contribution >= 0.6 is 0 Å². The van der Waals surface area contributed by atoms with Gasteiger partial charge in [0.25, 0.3) is 0 Å². The molecule has 0 saturated carbocycles. The number of alkyl halides is 2. The third-order valence-corrected chi connectivity index (χ3v) is 2.32. The van der Waals surface area contributed by atoms with Crippen molar-refractivity contribution in [3.05, 3.63) is 60.2 Å². The summed E-state index contributed by atoms with van der Waals surface area (Å²) in [7, 11) is 0. The average Bonchev–Trinajstić information content (AvgIpc) is 2.39. The zero-order valence-electron chi connectivity index (χ0n) is 9.32. The van der Waals surface area contributed by atoms with E-state index in [9.17, 15) is 13.2 Å². The normalized spacial score (nSPS) is 11.3. The first-order chi connectivity index (χ1) is 8.58. The Morgan fingerprint density at radius 1 is 1.06 bits per heavy atom. The third kappa shape index (κ3) is 3.00. The first-order valence-electron chi connectivity index (χ1n) is 5.26. The largest absolute Gasteiger partial charge is 0.485 e. The Hall–Kier alpha value is -2.04. The maximum absolute atomic E-state index is 13.7. The predicted octanol–water partition coefficient (Wildman–Crippen LogP) is 3.39. The molecule has 0 bridgehead atoms. The number of aromatic nitrogens is 1. The van der Waals surface area contributed by atoms with Gasteiger partial charge in [0.2, 0.25) is 5.95 Å². The van der Waals surface area contributed by atoms with Crippen LogP contribution < -0.4 is 4.74 Å². The summed E-state index contributed by atoms with van der Waals surface area (Å²) >= 11 is 0. The molecule has 0 aliphatic rings. The van der Waals surface area contributed by atoms with Crippen molar-refractivity contribution in [3.63, 3.8) is 0 Å². The molecule has 5 heteroatoms. The van der Waals surface area contributed by atoms with Gasteiger partial charge < -0.3 is 4.74 Å². The summed E-state index contributed by atoms with van der Waals surface area (Å²) in [5.74, 6) is -3.68. The predicted molar refractivity (Wildman–Crippen MR) is 60.0 cm³/mol. The molecule has 0 spiro atoms. The van der Waals surface area contributed by atoms with E-state index in [0.29, 0.717) is 0 Å². The van der Waals surface area contributed by atoms with E-state index in [-0.39, 0.29) is 11.3 Å². The summed E-state index contributed by atoms with van der Waals surface area (Å²) in [6.07, 6.45) is 1.07. The summed E-state index contributed by atoms with van der Waals surface area (Å²) in [4.78, 5) is 3.32. The van der Waals surface area contributed by atoms with E-state index in [4.69, 9.17) is 4.74 Å². The average molecular weight is 253 g/mol. The lowest BCUT2D eigenvalue weighted by Gasteiger charge is -2.17. The highest BCUT2D eigenvalue weighted by Gasteiger charge is 2.32. The van der Waals surface area contributed by atoms with Crippen LogP contribution in [0.1, 0.15) is 5.56 Å². The summed E-state index contributed by atoms with van der Waals surface area (Å²) in [5.41, 5.74) is -0.125. The van der Waals surface area contributed by atoms with Crippen LogP contribution in [0.5, 0.6) is 5.75 Å². The maximum atomic E-state index is 13.7. The molecule has 0 unspecified atom stereocenters. The van der Waals surface area contributed by atoms with Gasteiger partial charge in [-0.3, -0.25) is 0 Å². The molecule has 0 amide bonds. The molecule has 2 aromatic rings. The zero-order chi connectivity index (χ0) is 13.0. The summed E-state index contributed by atoms with van der Waals surface area (Å²) < 4.78 is 44.8. The van der Waals surface area contributed by atoms with Gasteiger partial charge in [-0.2, -0.15) is 13.2 Å². The lowest BCUT2D eigenvalue weighted by molar-refractivity contribution is -0.0468. The molecule has 94 valence electrons. The van der Waals surface area contributed by atoms with E-state index in [1.165, 1.54) is 30.3 Å². The molecule has 0 atom stereocenters. The standard InChI is InChI=1S/C13H10F3NO/c14-12-7-6-11(8-17-12)18-9-13(15,16)10-4-2-1-3-5-10/h1-8H,9H2. The molecule has 0 saturated heterocycles. The molecule has 1 aromatic carbocycles. The van der Waals surface area contributed by atoms with E-state index < -0.39 is 18.5 Å². The number of benzene rings is 1. The van der Waals surface area contributed by atoms with Crippen LogP contribution in [0.4, 0.5) is 13.2 Å².